The number of thioether (sulfide) groups is 2. The highest BCUT2D eigenvalue weighted by Crippen LogP contribution is 2.43. The summed E-state index contributed by atoms with van der Waals surface area (Å²) in [6, 6.07) is 36.4. The first kappa shape index (κ1) is 51.0. The van der Waals surface area contributed by atoms with Crippen LogP contribution >= 0.6 is 34.9 Å². The van der Waals surface area contributed by atoms with Crippen molar-refractivity contribution in [3.05, 3.63) is 176 Å². The van der Waals surface area contributed by atoms with E-state index in [0.717, 1.165) is 34.5 Å². The van der Waals surface area contributed by atoms with Crippen molar-refractivity contribution >= 4 is 69.5 Å². The van der Waals surface area contributed by atoms with E-state index in [4.69, 9.17) is 24.0 Å². The van der Waals surface area contributed by atoms with Crippen LogP contribution in [0, 0.1) is 0 Å². The molecule has 372 valence electrons. The molecule has 2 amide bonds. The molecule has 4 heterocycles. The maximum atomic E-state index is 14.7. The number of β-lactam (4-membered cyclic amide) rings is 1. The van der Waals surface area contributed by atoms with Crippen LogP contribution in [0.25, 0.3) is 0 Å². The number of aromatic amines is 1. The van der Waals surface area contributed by atoms with Gasteiger partial charge < -0.3 is 39.8 Å². The Morgan fingerprint density at radius 1 is 0.875 bits per heavy atom. The Bertz CT molecular complexity index is 2970. The summed E-state index contributed by atoms with van der Waals surface area (Å²) in [7, 11) is 1.54. The lowest BCUT2D eigenvalue weighted by Crippen LogP contribution is -2.71. The van der Waals surface area contributed by atoms with Gasteiger partial charge in [0, 0.05) is 16.9 Å². The number of benzene rings is 4. The first-order chi connectivity index (χ1) is 34.5. The maximum absolute atomic E-state index is 14.7. The van der Waals surface area contributed by atoms with Gasteiger partial charge in [0.2, 0.25) is 11.5 Å². The fourth-order valence-corrected chi connectivity index (χ4v) is 10.9. The number of nitrogens with one attached hydrogen (secondary N) is 3. The fraction of sp³-hybridized carbons (Fsp3) is 0.269. The van der Waals surface area contributed by atoms with Gasteiger partial charge in [0.15, 0.2) is 16.0 Å². The van der Waals surface area contributed by atoms with Crippen molar-refractivity contribution in [2.75, 3.05) is 23.9 Å². The van der Waals surface area contributed by atoms with E-state index < -0.39 is 63.3 Å². The van der Waals surface area contributed by atoms with E-state index in [1.54, 1.807) is 50.4 Å². The minimum atomic E-state index is -1.68. The van der Waals surface area contributed by atoms with Crippen molar-refractivity contribution in [3.63, 3.8) is 0 Å². The van der Waals surface area contributed by atoms with Crippen LogP contribution in [0.5, 0.6) is 11.6 Å². The number of amides is 2. The molecule has 17 nitrogen and oxygen atoms in total. The molecule has 8 rings (SSSR count). The lowest BCUT2D eigenvalue weighted by atomic mass is 9.77. The fourth-order valence-electron chi connectivity index (χ4n) is 7.76. The lowest BCUT2D eigenvalue weighted by Gasteiger charge is -2.49. The summed E-state index contributed by atoms with van der Waals surface area (Å²) < 4.78 is 16.6. The molecule has 1 saturated heterocycles. The molecule has 2 aliphatic rings. The van der Waals surface area contributed by atoms with Gasteiger partial charge in [0.25, 0.3) is 17.4 Å². The number of methoxy groups -OCH3 is 1. The summed E-state index contributed by atoms with van der Waals surface area (Å²) in [6.45, 7) is 7.94. The summed E-state index contributed by atoms with van der Waals surface area (Å²) in [5.74, 6) is -2.55. The highest BCUT2D eigenvalue weighted by Gasteiger charge is 2.55. The summed E-state index contributed by atoms with van der Waals surface area (Å²) in [4.78, 5) is 87.1. The number of fused-ring (bicyclic) bond motifs is 1. The molecule has 1 fully saturated rings. The molecule has 2 aliphatic heterocycles. The molecule has 4 aromatic carbocycles. The minimum Gasteiger partial charge on any atom is -0.497 e. The van der Waals surface area contributed by atoms with E-state index in [2.05, 4.69) is 25.8 Å². The second kappa shape index (κ2) is 21.5. The van der Waals surface area contributed by atoms with E-state index in [-0.39, 0.29) is 40.4 Å². The van der Waals surface area contributed by atoms with Crippen LogP contribution in [-0.2, 0) is 45.6 Å². The number of H-pyrrole nitrogens is 1. The number of carbonyl (C=O) groups is 4. The zero-order valence-corrected chi connectivity index (χ0v) is 42.5. The number of thiazole rings is 1. The van der Waals surface area contributed by atoms with Gasteiger partial charge in [-0.3, -0.25) is 19.3 Å². The molecule has 0 saturated carbocycles. The van der Waals surface area contributed by atoms with Crippen molar-refractivity contribution in [2.24, 2.45) is 5.16 Å². The smallest absolute Gasteiger partial charge is 0.355 e. The van der Waals surface area contributed by atoms with E-state index in [1.807, 2.05) is 91.0 Å². The van der Waals surface area contributed by atoms with Crippen LogP contribution in [0.2, 0.25) is 0 Å². The van der Waals surface area contributed by atoms with E-state index in [0.29, 0.717) is 22.0 Å². The Morgan fingerprint density at radius 2 is 1.49 bits per heavy atom. The predicted molar refractivity (Wildman–Crippen MR) is 275 cm³/mol. The summed E-state index contributed by atoms with van der Waals surface area (Å²) in [6.07, 6.45) is 0. The molecule has 0 aliphatic carbocycles. The number of anilines is 1. The Hall–Kier alpha value is -7.42. The van der Waals surface area contributed by atoms with Crippen molar-refractivity contribution in [1.29, 1.82) is 0 Å². The second-order valence-corrected chi connectivity index (χ2v) is 20.9. The highest BCUT2D eigenvalue weighted by molar-refractivity contribution is 8.01. The minimum absolute atomic E-state index is 0.0250. The third kappa shape index (κ3) is 11.4. The summed E-state index contributed by atoms with van der Waals surface area (Å²) in [5.41, 5.74) is -0.471. The topological polar surface area (TPSA) is 224 Å². The zero-order valence-electron chi connectivity index (χ0n) is 40.0. The van der Waals surface area contributed by atoms with Crippen LogP contribution in [0.3, 0.4) is 0 Å². The SMILES string of the molecule is COc1ccc(COC(=O)C2=C(CSc3nc(O)cc(=O)[nH]3)CSC3C(NC(=O)/C(=N\OC(C)(C)C(=O)OC(C)(C)C)c4csc(NC(c5ccccc5)(c5ccccc5)c5ccccc5)n4)C(=O)N23)cc1. The van der Waals surface area contributed by atoms with Crippen LogP contribution < -0.4 is 20.9 Å². The number of aromatic hydroxyl groups is 1. The standard InChI is InChI=1S/C52H51N7O10S3/c1-50(2,3)68-47(65)51(4,5)69-58-40(37-30-72-49(53-37)57-52(33-16-10-7-11-17-33,34-18-12-8-13-19-34)35-20-14-9-15-21-35)43(62)56-41-44(63)59-42(46(64)67-27-31-22-24-36(66-6)25-23-31)32(28-70-45(41)59)29-71-48-54-38(60)26-39(61)55-48/h7-26,30,41,45H,27-29H2,1-6H3,(H,53,57)(H,56,62)(H2,54,55,60,61)/b58-40-. The molecule has 20 heteroatoms. The molecule has 0 radical (unpaired) electrons. The number of rotatable bonds is 18. The first-order valence-electron chi connectivity index (χ1n) is 22.6. The maximum Gasteiger partial charge on any atom is 0.355 e. The number of nitrogens with zero attached hydrogens (tertiary/aromatic N) is 4. The molecule has 0 bridgehead atoms. The largest absolute Gasteiger partial charge is 0.497 e. The van der Waals surface area contributed by atoms with Crippen molar-refractivity contribution in [1.82, 2.24) is 25.2 Å². The molecular formula is C52H51N7O10S3. The number of carbonyl (C=O) groups excluding carboxylic acids is 4. The highest BCUT2D eigenvalue weighted by atomic mass is 32.2. The summed E-state index contributed by atoms with van der Waals surface area (Å²) in [5, 5.41) is 22.1. The van der Waals surface area contributed by atoms with Gasteiger partial charge in [-0.1, -0.05) is 120 Å². The van der Waals surface area contributed by atoms with Crippen molar-refractivity contribution in [2.45, 2.75) is 74.5 Å². The van der Waals surface area contributed by atoms with Crippen LogP contribution in [0.1, 0.15) is 62.6 Å². The second-order valence-electron chi connectivity index (χ2n) is 18.0. The van der Waals surface area contributed by atoms with Crippen molar-refractivity contribution in [3.8, 4) is 11.6 Å². The van der Waals surface area contributed by atoms with E-state index in [1.165, 1.54) is 49.0 Å². The Kier molecular flexibility index (Phi) is 15.2. The van der Waals surface area contributed by atoms with E-state index in [9.17, 15) is 29.1 Å². The van der Waals surface area contributed by atoms with Crippen molar-refractivity contribution < 1.29 is 43.3 Å². The van der Waals surface area contributed by atoms with Crippen LogP contribution in [0.4, 0.5) is 5.13 Å². The normalized spacial score (nSPS) is 16.0. The third-order valence-electron chi connectivity index (χ3n) is 11.3. The Labute approximate surface area is 427 Å². The van der Waals surface area contributed by atoms with Gasteiger partial charge in [0.1, 0.15) is 46.3 Å². The number of ether oxygens (including phenoxy) is 3. The predicted octanol–water partition coefficient (Wildman–Crippen LogP) is 7.38. The quantitative estimate of drug-likeness (QED) is 0.0125. The number of aromatic nitrogens is 3. The molecule has 2 aromatic heterocycles. The van der Waals surface area contributed by atoms with Gasteiger partial charge in [-0.2, -0.15) is 4.98 Å². The molecule has 4 N–H and O–H groups in total. The Morgan fingerprint density at radius 3 is 2.06 bits per heavy atom. The zero-order chi connectivity index (χ0) is 51.2. The number of hydrogen-bond acceptors (Lipinski definition) is 17. The van der Waals surface area contributed by atoms with Crippen LogP contribution in [0.15, 0.2) is 153 Å². The molecule has 2 unspecified atom stereocenters. The number of oxime groups is 1. The Balaban J connectivity index is 1.11. The molecule has 0 spiro atoms. The molecule has 72 heavy (non-hydrogen) atoms. The van der Waals surface area contributed by atoms with Gasteiger partial charge in [-0.05, 0) is 74.6 Å². The van der Waals surface area contributed by atoms with E-state index >= 15 is 0 Å². The molecular weight excluding hydrogens is 979 g/mol. The molecule has 6 aromatic rings. The van der Waals surface area contributed by atoms with Gasteiger partial charge >= 0.3 is 11.9 Å². The van der Waals surface area contributed by atoms with Crippen LogP contribution in [-0.4, -0.2) is 95.7 Å². The number of hydrogen-bond donors (Lipinski definition) is 4. The van der Waals surface area contributed by atoms with Gasteiger partial charge in [0.05, 0.1) is 13.2 Å². The average molecular weight is 1030 g/mol. The lowest BCUT2D eigenvalue weighted by molar-refractivity contribution is -0.179. The number of esters is 2. The average Bonchev–Trinajstić information content (AvgIpc) is 3.83. The summed E-state index contributed by atoms with van der Waals surface area (Å²) >= 11 is 3.55. The third-order valence-corrected chi connectivity index (χ3v) is 14.3. The monoisotopic (exact) mass is 1030 g/mol. The van der Waals surface area contributed by atoms with Gasteiger partial charge in [-0.15, -0.1) is 23.1 Å². The first-order valence-corrected chi connectivity index (χ1v) is 25.5. The van der Waals surface area contributed by atoms with Gasteiger partial charge in [-0.25, -0.2) is 14.6 Å². The molecule has 2 atom stereocenters.